The van der Waals surface area contributed by atoms with Crippen LogP contribution in [0.5, 0.6) is 0 Å². The van der Waals surface area contributed by atoms with Gasteiger partial charge in [0.1, 0.15) is 0 Å². The summed E-state index contributed by atoms with van der Waals surface area (Å²) in [4.78, 5) is 4.34. The minimum Gasteiger partial charge on any atom is -0.143 e. The summed E-state index contributed by atoms with van der Waals surface area (Å²) in [6, 6.07) is 8.86. The fourth-order valence-electron chi connectivity index (χ4n) is 1.53. The third-order valence-corrected chi connectivity index (χ3v) is 4.85. The van der Waals surface area contributed by atoms with E-state index in [0.717, 1.165) is 5.92 Å². The zero-order chi connectivity index (χ0) is 10.7. The molecule has 0 spiro atoms. The van der Waals surface area contributed by atoms with Gasteiger partial charge in [0.05, 0.1) is 0 Å². The van der Waals surface area contributed by atoms with Crippen LogP contribution in [0.4, 0.5) is 0 Å². The van der Waals surface area contributed by atoms with Crippen LogP contribution in [0.3, 0.4) is 0 Å². The van der Waals surface area contributed by atoms with Crippen molar-refractivity contribution >= 4 is 22.7 Å². The highest BCUT2D eigenvalue weighted by atomic mass is 32.1. The van der Waals surface area contributed by atoms with Crippen LogP contribution in [-0.4, -0.2) is 0 Å². The zero-order valence-electron chi connectivity index (χ0n) is 9.19. The van der Waals surface area contributed by atoms with E-state index in [1.807, 2.05) is 22.7 Å². The molecule has 0 aliphatic carbocycles. The Bertz CT molecular complexity index is 398. The first kappa shape index (κ1) is 10.9. The Balaban J connectivity index is 2.11. The van der Waals surface area contributed by atoms with Crippen molar-refractivity contribution in [3.8, 4) is 9.75 Å². The highest BCUT2D eigenvalue weighted by molar-refractivity contribution is 7.21. The molecular formula is C13H16S2. The van der Waals surface area contributed by atoms with Crippen molar-refractivity contribution in [3.63, 3.8) is 0 Å². The first-order valence-corrected chi connectivity index (χ1v) is 7.11. The summed E-state index contributed by atoms with van der Waals surface area (Å²) >= 11 is 3.77. The molecule has 1 atom stereocenters. The lowest BCUT2D eigenvalue weighted by Gasteiger charge is -2.04. The van der Waals surface area contributed by atoms with Gasteiger partial charge < -0.3 is 0 Å². The fourth-order valence-corrected chi connectivity index (χ4v) is 3.53. The Morgan fingerprint density at radius 3 is 2.73 bits per heavy atom. The molecule has 0 bridgehead atoms. The Morgan fingerprint density at radius 1 is 1.20 bits per heavy atom. The van der Waals surface area contributed by atoms with Gasteiger partial charge in [-0.3, -0.25) is 0 Å². The van der Waals surface area contributed by atoms with Gasteiger partial charge >= 0.3 is 0 Å². The second-order valence-electron chi connectivity index (χ2n) is 3.96. The second kappa shape index (κ2) is 4.95. The minimum absolute atomic E-state index is 0.805. The standard InChI is InChI=1S/C13H16S2/c1-3-10(2)9-11-6-7-13(15-11)12-5-4-8-14-12/h4-8,10H,3,9H2,1-2H3. The Labute approximate surface area is 99.6 Å². The molecule has 0 fully saturated rings. The largest absolute Gasteiger partial charge is 0.143 e. The lowest BCUT2D eigenvalue weighted by molar-refractivity contribution is 0.565. The minimum atomic E-state index is 0.805. The molecule has 1 unspecified atom stereocenters. The number of hydrogen-bond donors (Lipinski definition) is 0. The van der Waals surface area contributed by atoms with Gasteiger partial charge in [-0.05, 0) is 35.9 Å². The average Bonchev–Trinajstić information content (AvgIpc) is 2.85. The molecule has 80 valence electrons. The number of hydrogen-bond acceptors (Lipinski definition) is 2. The van der Waals surface area contributed by atoms with E-state index in [-0.39, 0.29) is 0 Å². The molecule has 0 saturated heterocycles. The quantitative estimate of drug-likeness (QED) is 0.695. The summed E-state index contributed by atoms with van der Waals surface area (Å²) in [5.41, 5.74) is 0. The topological polar surface area (TPSA) is 0 Å². The van der Waals surface area contributed by atoms with Crippen LogP contribution >= 0.6 is 22.7 Å². The lowest BCUT2D eigenvalue weighted by Crippen LogP contribution is -1.94. The van der Waals surface area contributed by atoms with Gasteiger partial charge in [-0.2, -0.15) is 0 Å². The monoisotopic (exact) mass is 236 g/mol. The first-order chi connectivity index (χ1) is 7.29. The van der Waals surface area contributed by atoms with Crippen LogP contribution < -0.4 is 0 Å². The smallest absolute Gasteiger partial charge is 0.0445 e. The Morgan fingerprint density at radius 2 is 2.07 bits per heavy atom. The molecule has 0 nitrogen and oxygen atoms in total. The van der Waals surface area contributed by atoms with Crippen LogP contribution in [0.15, 0.2) is 29.6 Å². The molecule has 0 aliphatic heterocycles. The molecule has 0 aliphatic rings. The third kappa shape index (κ3) is 2.70. The van der Waals surface area contributed by atoms with Crippen molar-refractivity contribution in [1.29, 1.82) is 0 Å². The molecule has 0 radical (unpaired) electrons. The van der Waals surface area contributed by atoms with E-state index >= 15 is 0 Å². The van der Waals surface area contributed by atoms with Crippen LogP contribution in [0.25, 0.3) is 9.75 Å². The molecule has 2 aromatic heterocycles. The fraction of sp³-hybridized carbons (Fsp3) is 0.385. The average molecular weight is 236 g/mol. The maximum absolute atomic E-state index is 2.32. The summed E-state index contributed by atoms with van der Waals surface area (Å²) in [5.74, 6) is 0.805. The molecule has 0 amide bonds. The van der Waals surface area contributed by atoms with Crippen molar-refractivity contribution < 1.29 is 0 Å². The second-order valence-corrected chi connectivity index (χ2v) is 6.08. The number of thiophene rings is 2. The number of rotatable bonds is 4. The highest BCUT2D eigenvalue weighted by Gasteiger charge is 2.06. The van der Waals surface area contributed by atoms with Crippen molar-refractivity contribution in [2.75, 3.05) is 0 Å². The van der Waals surface area contributed by atoms with E-state index < -0.39 is 0 Å². The van der Waals surface area contributed by atoms with Gasteiger partial charge in [0, 0.05) is 14.6 Å². The van der Waals surface area contributed by atoms with Crippen molar-refractivity contribution in [2.24, 2.45) is 5.92 Å². The summed E-state index contributed by atoms with van der Waals surface area (Å²) in [7, 11) is 0. The van der Waals surface area contributed by atoms with E-state index in [1.165, 1.54) is 27.5 Å². The third-order valence-electron chi connectivity index (χ3n) is 2.67. The molecule has 2 heterocycles. The van der Waals surface area contributed by atoms with Gasteiger partial charge in [0.25, 0.3) is 0 Å². The van der Waals surface area contributed by atoms with Gasteiger partial charge in [0.15, 0.2) is 0 Å². The van der Waals surface area contributed by atoms with Gasteiger partial charge in [-0.1, -0.05) is 26.3 Å². The Hall–Kier alpha value is -0.600. The van der Waals surface area contributed by atoms with Crippen LogP contribution in [0, 0.1) is 5.92 Å². The molecular weight excluding hydrogens is 220 g/mol. The highest BCUT2D eigenvalue weighted by Crippen LogP contribution is 2.32. The maximum Gasteiger partial charge on any atom is 0.0445 e. The van der Waals surface area contributed by atoms with E-state index in [1.54, 1.807) is 0 Å². The summed E-state index contributed by atoms with van der Waals surface area (Å²) in [5, 5.41) is 2.14. The predicted octanol–water partition coefficient (Wildman–Crippen LogP) is 5.07. The summed E-state index contributed by atoms with van der Waals surface area (Å²) in [6.07, 6.45) is 2.50. The molecule has 2 rings (SSSR count). The Kier molecular flexibility index (Phi) is 3.60. The van der Waals surface area contributed by atoms with Crippen molar-refractivity contribution in [2.45, 2.75) is 26.7 Å². The SMILES string of the molecule is CCC(C)Cc1ccc(-c2cccs2)s1. The van der Waals surface area contributed by atoms with E-state index in [4.69, 9.17) is 0 Å². The van der Waals surface area contributed by atoms with Crippen molar-refractivity contribution in [1.82, 2.24) is 0 Å². The maximum atomic E-state index is 2.32. The van der Waals surface area contributed by atoms with Crippen LogP contribution in [0.2, 0.25) is 0 Å². The molecule has 2 aromatic rings. The van der Waals surface area contributed by atoms with E-state index in [2.05, 4.69) is 43.5 Å². The van der Waals surface area contributed by atoms with Crippen LogP contribution in [-0.2, 0) is 6.42 Å². The van der Waals surface area contributed by atoms with Crippen LogP contribution in [0.1, 0.15) is 25.1 Å². The summed E-state index contributed by atoms with van der Waals surface area (Å²) in [6.45, 7) is 4.59. The molecule has 0 aromatic carbocycles. The summed E-state index contributed by atoms with van der Waals surface area (Å²) < 4.78 is 0. The molecule has 15 heavy (non-hydrogen) atoms. The van der Waals surface area contributed by atoms with Gasteiger partial charge in [-0.25, -0.2) is 0 Å². The first-order valence-electron chi connectivity index (χ1n) is 5.42. The van der Waals surface area contributed by atoms with Gasteiger partial charge in [-0.15, -0.1) is 22.7 Å². The molecule has 0 N–H and O–H groups in total. The molecule has 2 heteroatoms. The lowest BCUT2D eigenvalue weighted by atomic mass is 10.0. The normalized spacial score (nSPS) is 12.9. The van der Waals surface area contributed by atoms with E-state index in [0.29, 0.717) is 0 Å². The zero-order valence-corrected chi connectivity index (χ0v) is 10.8. The van der Waals surface area contributed by atoms with Crippen molar-refractivity contribution in [3.05, 3.63) is 34.5 Å². The van der Waals surface area contributed by atoms with E-state index in [9.17, 15) is 0 Å². The van der Waals surface area contributed by atoms with Gasteiger partial charge in [0.2, 0.25) is 0 Å². The molecule has 0 saturated carbocycles. The predicted molar refractivity (Wildman–Crippen MR) is 70.8 cm³/mol.